The number of nitrogens with zero attached hydrogens (tertiary/aromatic N) is 1. The van der Waals surface area contributed by atoms with Gasteiger partial charge in [-0.25, -0.2) is 0 Å². The number of nitrogens with one attached hydrogen (secondary N) is 1. The van der Waals surface area contributed by atoms with Crippen LogP contribution in [-0.2, 0) is 14.4 Å². The zero-order valence-electron chi connectivity index (χ0n) is 12.4. The Balaban J connectivity index is 2.49. The third-order valence-electron chi connectivity index (χ3n) is 3.84. The van der Waals surface area contributed by atoms with Gasteiger partial charge < -0.3 is 15.3 Å². The minimum Gasteiger partial charge on any atom is -0.481 e. The van der Waals surface area contributed by atoms with Gasteiger partial charge in [-0.05, 0) is 18.8 Å². The van der Waals surface area contributed by atoms with Crippen LogP contribution in [0.25, 0.3) is 0 Å². The van der Waals surface area contributed by atoms with Crippen molar-refractivity contribution >= 4 is 17.8 Å². The topological polar surface area (TPSA) is 86.7 Å². The Bertz CT molecular complexity index is 373. The van der Waals surface area contributed by atoms with E-state index in [4.69, 9.17) is 5.11 Å². The summed E-state index contributed by atoms with van der Waals surface area (Å²) in [6.07, 6.45) is 1.22. The van der Waals surface area contributed by atoms with Crippen LogP contribution in [0.15, 0.2) is 0 Å². The number of hydrogen-bond donors (Lipinski definition) is 2. The van der Waals surface area contributed by atoms with Gasteiger partial charge in [0, 0.05) is 32.0 Å². The molecule has 1 unspecified atom stereocenters. The number of carboxylic acids is 1. The molecule has 0 radical (unpaired) electrons. The molecule has 0 aromatic carbocycles. The van der Waals surface area contributed by atoms with Crippen LogP contribution < -0.4 is 5.32 Å². The second kappa shape index (κ2) is 7.26. The Morgan fingerprint density at radius 1 is 1.25 bits per heavy atom. The van der Waals surface area contributed by atoms with Crippen molar-refractivity contribution in [1.82, 2.24) is 10.2 Å². The van der Waals surface area contributed by atoms with Crippen LogP contribution in [0.3, 0.4) is 0 Å². The summed E-state index contributed by atoms with van der Waals surface area (Å²) in [6.45, 7) is 6.51. The molecule has 0 aromatic heterocycles. The van der Waals surface area contributed by atoms with E-state index in [1.165, 1.54) is 6.92 Å². The normalized spacial score (nSPS) is 17.9. The third kappa shape index (κ3) is 4.83. The maximum Gasteiger partial charge on any atom is 0.305 e. The van der Waals surface area contributed by atoms with Gasteiger partial charge in [-0.3, -0.25) is 14.4 Å². The lowest BCUT2D eigenvalue weighted by Gasteiger charge is -2.32. The zero-order valence-corrected chi connectivity index (χ0v) is 12.4. The van der Waals surface area contributed by atoms with Crippen molar-refractivity contribution in [2.24, 2.45) is 11.8 Å². The van der Waals surface area contributed by atoms with Crippen molar-refractivity contribution in [1.29, 1.82) is 0 Å². The maximum absolute atomic E-state index is 12.2. The van der Waals surface area contributed by atoms with E-state index in [-0.39, 0.29) is 36.1 Å². The van der Waals surface area contributed by atoms with E-state index < -0.39 is 5.97 Å². The minimum absolute atomic E-state index is 0.0368. The zero-order chi connectivity index (χ0) is 15.3. The predicted octanol–water partition coefficient (Wildman–Crippen LogP) is 0.860. The molecule has 0 bridgehead atoms. The lowest BCUT2D eigenvalue weighted by atomic mass is 9.94. The molecule has 0 aliphatic carbocycles. The summed E-state index contributed by atoms with van der Waals surface area (Å²) >= 11 is 0. The van der Waals surface area contributed by atoms with Gasteiger partial charge in [0.25, 0.3) is 0 Å². The Hall–Kier alpha value is -1.59. The molecule has 6 heteroatoms. The van der Waals surface area contributed by atoms with Crippen LogP contribution in [0.5, 0.6) is 0 Å². The molecule has 1 fully saturated rings. The van der Waals surface area contributed by atoms with Gasteiger partial charge in [-0.15, -0.1) is 0 Å². The lowest BCUT2D eigenvalue weighted by Crippen LogP contribution is -2.46. The summed E-state index contributed by atoms with van der Waals surface area (Å²) in [5.41, 5.74) is 0. The Morgan fingerprint density at radius 3 is 2.20 bits per heavy atom. The minimum atomic E-state index is -0.907. The predicted molar refractivity (Wildman–Crippen MR) is 74.0 cm³/mol. The van der Waals surface area contributed by atoms with Gasteiger partial charge in [-0.1, -0.05) is 13.8 Å². The number of aliphatic carboxylic acids is 1. The first kappa shape index (κ1) is 16.5. The average molecular weight is 284 g/mol. The van der Waals surface area contributed by atoms with Gasteiger partial charge in [-0.2, -0.15) is 0 Å². The van der Waals surface area contributed by atoms with Crippen molar-refractivity contribution in [3.8, 4) is 0 Å². The van der Waals surface area contributed by atoms with Gasteiger partial charge in [0.15, 0.2) is 0 Å². The molecule has 1 atom stereocenters. The number of carbonyl (C=O) groups is 3. The van der Waals surface area contributed by atoms with Crippen molar-refractivity contribution in [2.45, 2.75) is 46.1 Å². The van der Waals surface area contributed by atoms with E-state index in [9.17, 15) is 14.4 Å². The Kier molecular flexibility index (Phi) is 5.98. The summed E-state index contributed by atoms with van der Waals surface area (Å²) in [5, 5.41) is 11.7. The first-order valence-corrected chi connectivity index (χ1v) is 7.09. The standard InChI is InChI=1S/C14H24N2O4/c1-9(2)12(8-13(18)19)15-14(20)11-4-6-16(7-5-11)10(3)17/h9,11-12H,4-8H2,1-3H3,(H,15,20)(H,18,19). The van der Waals surface area contributed by atoms with Crippen molar-refractivity contribution in [3.05, 3.63) is 0 Å². The second-order valence-electron chi connectivity index (χ2n) is 5.74. The summed E-state index contributed by atoms with van der Waals surface area (Å²) in [4.78, 5) is 35.9. The number of piperidine rings is 1. The highest BCUT2D eigenvalue weighted by Gasteiger charge is 2.28. The van der Waals surface area contributed by atoms with Crippen LogP contribution in [-0.4, -0.2) is 46.9 Å². The van der Waals surface area contributed by atoms with Crippen molar-refractivity contribution in [2.75, 3.05) is 13.1 Å². The maximum atomic E-state index is 12.2. The van der Waals surface area contributed by atoms with Gasteiger partial charge in [0.2, 0.25) is 11.8 Å². The molecule has 20 heavy (non-hydrogen) atoms. The highest BCUT2D eigenvalue weighted by atomic mass is 16.4. The Labute approximate surface area is 119 Å². The fraction of sp³-hybridized carbons (Fsp3) is 0.786. The monoisotopic (exact) mass is 284 g/mol. The Morgan fingerprint density at radius 2 is 1.80 bits per heavy atom. The van der Waals surface area contributed by atoms with Gasteiger partial charge in [0.05, 0.1) is 6.42 Å². The first-order valence-electron chi connectivity index (χ1n) is 7.09. The van der Waals surface area contributed by atoms with E-state index in [0.29, 0.717) is 25.9 Å². The van der Waals surface area contributed by atoms with Crippen LogP contribution in [0.2, 0.25) is 0 Å². The number of carboxylic acid groups (broad SMARTS) is 1. The number of carbonyl (C=O) groups excluding carboxylic acids is 2. The third-order valence-corrected chi connectivity index (χ3v) is 3.84. The summed E-state index contributed by atoms with van der Waals surface area (Å²) < 4.78 is 0. The van der Waals surface area contributed by atoms with Crippen LogP contribution in [0, 0.1) is 11.8 Å². The van der Waals surface area contributed by atoms with E-state index >= 15 is 0 Å². The molecule has 0 aromatic rings. The highest BCUT2D eigenvalue weighted by molar-refractivity contribution is 5.80. The van der Waals surface area contributed by atoms with Crippen molar-refractivity contribution in [3.63, 3.8) is 0 Å². The van der Waals surface area contributed by atoms with Crippen LogP contribution in [0.4, 0.5) is 0 Å². The molecule has 0 spiro atoms. The quantitative estimate of drug-likeness (QED) is 0.784. The summed E-state index contributed by atoms with van der Waals surface area (Å²) in [5.74, 6) is -1.01. The lowest BCUT2D eigenvalue weighted by molar-refractivity contribution is -0.139. The SMILES string of the molecule is CC(=O)N1CCC(C(=O)NC(CC(=O)O)C(C)C)CC1. The highest BCUT2D eigenvalue weighted by Crippen LogP contribution is 2.18. The number of rotatable bonds is 5. The smallest absolute Gasteiger partial charge is 0.305 e. The molecule has 6 nitrogen and oxygen atoms in total. The molecule has 0 saturated carbocycles. The fourth-order valence-electron chi connectivity index (χ4n) is 2.40. The molecule has 1 saturated heterocycles. The molecule has 2 N–H and O–H groups in total. The van der Waals surface area contributed by atoms with Gasteiger partial charge >= 0.3 is 5.97 Å². The number of likely N-dealkylation sites (tertiary alicyclic amines) is 1. The molecular weight excluding hydrogens is 260 g/mol. The second-order valence-corrected chi connectivity index (χ2v) is 5.74. The molecule has 1 rings (SSSR count). The molecule has 2 amide bonds. The van der Waals surface area contributed by atoms with E-state index in [1.807, 2.05) is 13.8 Å². The van der Waals surface area contributed by atoms with E-state index in [0.717, 1.165) is 0 Å². The number of amides is 2. The van der Waals surface area contributed by atoms with Gasteiger partial charge in [0.1, 0.15) is 0 Å². The van der Waals surface area contributed by atoms with Crippen LogP contribution in [0.1, 0.15) is 40.0 Å². The molecule has 1 aliphatic heterocycles. The fourth-order valence-corrected chi connectivity index (χ4v) is 2.40. The summed E-state index contributed by atoms with van der Waals surface area (Å²) in [7, 11) is 0. The largest absolute Gasteiger partial charge is 0.481 e. The van der Waals surface area contributed by atoms with Crippen LogP contribution >= 0.6 is 0 Å². The molecule has 1 aliphatic rings. The first-order chi connectivity index (χ1) is 9.31. The van der Waals surface area contributed by atoms with Crippen molar-refractivity contribution < 1.29 is 19.5 Å². The summed E-state index contributed by atoms with van der Waals surface area (Å²) in [6, 6.07) is -0.342. The molecule has 1 heterocycles. The number of hydrogen-bond acceptors (Lipinski definition) is 3. The average Bonchev–Trinajstić information content (AvgIpc) is 2.37. The van der Waals surface area contributed by atoms with E-state index in [2.05, 4.69) is 5.32 Å². The van der Waals surface area contributed by atoms with E-state index in [1.54, 1.807) is 4.90 Å². The molecular formula is C14H24N2O4. The molecule has 114 valence electrons.